The summed E-state index contributed by atoms with van der Waals surface area (Å²) in [5, 5.41) is 5.74. The van der Waals surface area contributed by atoms with Gasteiger partial charge in [-0.25, -0.2) is 10.2 Å². The van der Waals surface area contributed by atoms with Crippen LogP contribution in [0.25, 0.3) is 10.8 Å². The molecule has 1 N–H and O–H groups in total. The summed E-state index contributed by atoms with van der Waals surface area (Å²) in [6.07, 6.45) is 1.45. The maximum absolute atomic E-state index is 12.9. The van der Waals surface area contributed by atoms with Gasteiger partial charge >= 0.3 is 5.97 Å². The Balaban J connectivity index is 1.50. The summed E-state index contributed by atoms with van der Waals surface area (Å²) in [5.41, 5.74) is 3.97. The van der Waals surface area contributed by atoms with E-state index in [4.69, 9.17) is 14.2 Å². The molecule has 0 aromatic heterocycles. The molecule has 0 aliphatic heterocycles. The van der Waals surface area contributed by atoms with Crippen molar-refractivity contribution < 1.29 is 23.8 Å². The van der Waals surface area contributed by atoms with Crippen molar-refractivity contribution in [2.45, 2.75) is 0 Å². The number of carbonyl (C=O) groups is 2. The number of esters is 1. The van der Waals surface area contributed by atoms with Gasteiger partial charge in [-0.3, -0.25) is 4.79 Å². The van der Waals surface area contributed by atoms with Crippen LogP contribution < -0.4 is 19.6 Å². The standard InChI is InChI=1S/C27H22N2O5/c1-32-21-13-11-20(12-14-21)26(30)29-28-17-18-10-15-24(33-2)25(16-18)34-27(31)23-9-5-7-19-6-3-4-8-22(19)23/h3-17H,1-2H3,(H,29,30). The number of hydrazone groups is 1. The van der Waals surface area contributed by atoms with Crippen LogP contribution in [-0.2, 0) is 0 Å². The predicted octanol–water partition coefficient (Wildman–Crippen LogP) is 4.84. The average molecular weight is 454 g/mol. The van der Waals surface area contributed by atoms with Crippen molar-refractivity contribution >= 4 is 28.9 Å². The number of methoxy groups -OCH3 is 2. The fraction of sp³-hybridized carbons (Fsp3) is 0.0741. The van der Waals surface area contributed by atoms with Crippen molar-refractivity contribution in [2.75, 3.05) is 14.2 Å². The van der Waals surface area contributed by atoms with E-state index in [1.165, 1.54) is 13.3 Å². The highest BCUT2D eigenvalue weighted by molar-refractivity contribution is 6.05. The van der Waals surface area contributed by atoms with Crippen LogP contribution in [0, 0.1) is 0 Å². The van der Waals surface area contributed by atoms with E-state index >= 15 is 0 Å². The van der Waals surface area contributed by atoms with Crippen LogP contribution in [0.2, 0.25) is 0 Å². The van der Waals surface area contributed by atoms with E-state index in [1.54, 1.807) is 55.6 Å². The Hall–Kier alpha value is -4.65. The van der Waals surface area contributed by atoms with Crippen molar-refractivity contribution in [3.63, 3.8) is 0 Å². The summed E-state index contributed by atoms with van der Waals surface area (Å²) in [6, 6.07) is 24.7. The Morgan fingerprint density at radius 1 is 0.824 bits per heavy atom. The summed E-state index contributed by atoms with van der Waals surface area (Å²) in [5.74, 6) is 0.426. The number of carbonyl (C=O) groups excluding carboxylic acids is 2. The lowest BCUT2D eigenvalue weighted by Crippen LogP contribution is -2.17. The number of amides is 1. The number of fused-ring (bicyclic) bond motifs is 1. The molecule has 0 heterocycles. The van der Waals surface area contributed by atoms with Gasteiger partial charge < -0.3 is 14.2 Å². The van der Waals surface area contributed by atoms with Gasteiger partial charge in [0.25, 0.3) is 5.91 Å². The zero-order valence-electron chi connectivity index (χ0n) is 18.6. The molecule has 7 heteroatoms. The SMILES string of the molecule is COc1ccc(C(=O)NN=Cc2ccc(OC)c(OC(=O)c3cccc4ccccc34)c2)cc1. The van der Waals surface area contributed by atoms with Gasteiger partial charge in [0.1, 0.15) is 5.75 Å². The molecule has 4 aromatic rings. The number of nitrogens with one attached hydrogen (secondary N) is 1. The molecule has 0 spiro atoms. The lowest BCUT2D eigenvalue weighted by molar-refractivity contribution is 0.0731. The quantitative estimate of drug-likeness (QED) is 0.187. The Morgan fingerprint density at radius 3 is 2.35 bits per heavy atom. The highest BCUT2D eigenvalue weighted by atomic mass is 16.6. The molecule has 0 saturated heterocycles. The molecule has 0 aliphatic carbocycles. The Labute approximate surface area is 196 Å². The normalized spacial score (nSPS) is 10.8. The van der Waals surface area contributed by atoms with Crippen molar-refractivity contribution in [3.05, 3.63) is 102 Å². The van der Waals surface area contributed by atoms with Crippen LogP contribution in [0.4, 0.5) is 0 Å². The van der Waals surface area contributed by atoms with Gasteiger partial charge in [-0.2, -0.15) is 5.10 Å². The van der Waals surface area contributed by atoms with Gasteiger partial charge in [0.2, 0.25) is 0 Å². The smallest absolute Gasteiger partial charge is 0.344 e. The molecule has 0 bridgehead atoms. The van der Waals surface area contributed by atoms with E-state index in [-0.39, 0.29) is 11.7 Å². The largest absolute Gasteiger partial charge is 0.497 e. The lowest BCUT2D eigenvalue weighted by Gasteiger charge is -2.11. The summed E-state index contributed by atoms with van der Waals surface area (Å²) in [6.45, 7) is 0. The molecule has 7 nitrogen and oxygen atoms in total. The summed E-state index contributed by atoms with van der Waals surface area (Å²) in [4.78, 5) is 25.2. The van der Waals surface area contributed by atoms with Crippen LogP contribution in [0.15, 0.2) is 90.0 Å². The molecule has 1 amide bonds. The predicted molar refractivity (Wildman–Crippen MR) is 130 cm³/mol. The van der Waals surface area contributed by atoms with E-state index in [9.17, 15) is 9.59 Å². The zero-order chi connectivity index (χ0) is 23.9. The average Bonchev–Trinajstić information content (AvgIpc) is 2.88. The Morgan fingerprint density at radius 2 is 1.59 bits per heavy atom. The highest BCUT2D eigenvalue weighted by Crippen LogP contribution is 2.29. The van der Waals surface area contributed by atoms with Gasteiger partial charge in [-0.05, 0) is 64.9 Å². The van der Waals surface area contributed by atoms with E-state index in [2.05, 4.69) is 10.5 Å². The van der Waals surface area contributed by atoms with Crippen LogP contribution in [0.5, 0.6) is 17.2 Å². The second kappa shape index (κ2) is 10.3. The Kier molecular flexibility index (Phi) is 6.84. The molecule has 0 radical (unpaired) electrons. The first kappa shape index (κ1) is 22.5. The minimum Gasteiger partial charge on any atom is -0.497 e. The van der Waals surface area contributed by atoms with Crippen molar-refractivity contribution in [1.29, 1.82) is 0 Å². The monoisotopic (exact) mass is 454 g/mol. The van der Waals surface area contributed by atoms with E-state index < -0.39 is 5.97 Å². The summed E-state index contributed by atoms with van der Waals surface area (Å²) in [7, 11) is 3.05. The molecule has 4 aromatic carbocycles. The van der Waals surface area contributed by atoms with Crippen LogP contribution in [0.1, 0.15) is 26.3 Å². The number of nitrogens with zero attached hydrogens (tertiary/aromatic N) is 1. The molecule has 0 unspecified atom stereocenters. The van der Waals surface area contributed by atoms with Crippen molar-refractivity contribution in [3.8, 4) is 17.2 Å². The van der Waals surface area contributed by atoms with Crippen LogP contribution in [-0.4, -0.2) is 32.3 Å². The number of ether oxygens (including phenoxy) is 3. The maximum atomic E-state index is 12.9. The first-order chi connectivity index (χ1) is 16.6. The molecule has 0 fully saturated rings. The first-order valence-electron chi connectivity index (χ1n) is 10.4. The van der Waals surface area contributed by atoms with E-state index in [0.717, 1.165) is 10.8 Å². The second-order valence-electron chi connectivity index (χ2n) is 7.25. The minimum absolute atomic E-state index is 0.242. The van der Waals surface area contributed by atoms with Gasteiger partial charge in [-0.15, -0.1) is 0 Å². The number of benzene rings is 4. The molecule has 34 heavy (non-hydrogen) atoms. The molecule has 0 aliphatic rings. The summed E-state index contributed by atoms with van der Waals surface area (Å²) < 4.78 is 16.1. The maximum Gasteiger partial charge on any atom is 0.344 e. The second-order valence-corrected chi connectivity index (χ2v) is 7.25. The lowest BCUT2D eigenvalue weighted by atomic mass is 10.0. The molecular weight excluding hydrogens is 432 g/mol. The molecule has 0 saturated carbocycles. The van der Waals surface area contributed by atoms with Crippen LogP contribution in [0.3, 0.4) is 0 Å². The molecular formula is C27H22N2O5. The van der Waals surface area contributed by atoms with Gasteiger partial charge in [0, 0.05) is 5.56 Å². The van der Waals surface area contributed by atoms with Crippen molar-refractivity contribution in [2.24, 2.45) is 5.10 Å². The number of hydrogen-bond acceptors (Lipinski definition) is 6. The molecule has 4 rings (SSSR count). The fourth-order valence-corrected chi connectivity index (χ4v) is 3.38. The minimum atomic E-state index is -0.503. The van der Waals surface area contributed by atoms with Crippen molar-refractivity contribution in [1.82, 2.24) is 5.43 Å². The van der Waals surface area contributed by atoms with E-state index in [1.807, 2.05) is 36.4 Å². The third kappa shape index (κ3) is 5.05. The van der Waals surface area contributed by atoms with Gasteiger partial charge in [0.15, 0.2) is 11.5 Å². The van der Waals surface area contributed by atoms with E-state index in [0.29, 0.717) is 28.2 Å². The highest BCUT2D eigenvalue weighted by Gasteiger charge is 2.15. The molecule has 170 valence electrons. The first-order valence-corrected chi connectivity index (χ1v) is 10.4. The Bertz CT molecular complexity index is 1360. The number of hydrogen-bond donors (Lipinski definition) is 1. The third-order valence-electron chi connectivity index (χ3n) is 5.13. The molecule has 0 atom stereocenters. The van der Waals surface area contributed by atoms with Gasteiger partial charge in [0.05, 0.1) is 26.0 Å². The topological polar surface area (TPSA) is 86.2 Å². The van der Waals surface area contributed by atoms with Gasteiger partial charge in [-0.1, -0.05) is 36.4 Å². The fourth-order valence-electron chi connectivity index (χ4n) is 3.38. The zero-order valence-corrected chi connectivity index (χ0v) is 18.6. The third-order valence-corrected chi connectivity index (χ3v) is 5.13. The summed E-state index contributed by atoms with van der Waals surface area (Å²) >= 11 is 0. The van der Waals surface area contributed by atoms with Crippen LogP contribution >= 0.6 is 0 Å². The number of rotatable bonds is 7.